The van der Waals surface area contributed by atoms with E-state index in [1.54, 1.807) is 11.3 Å². The van der Waals surface area contributed by atoms with Crippen LogP contribution in [0.5, 0.6) is 5.75 Å². The van der Waals surface area contributed by atoms with Gasteiger partial charge in [0.1, 0.15) is 11.9 Å². The minimum Gasteiger partial charge on any atom is -0.488 e. The zero-order valence-electron chi connectivity index (χ0n) is 9.15. The maximum Gasteiger partial charge on any atom is 0.131 e. The number of thiophene rings is 1. The molecule has 2 aromatic rings. The summed E-state index contributed by atoms with van der Waals surface area (Å²) >= 11 is 7.82. The Hall–Kier alpha value is -1.03. The van der Waals surface area contributed by atoms with Crippen LogP contribution >= 0.6 is 22.9 Å². The van der Waals surface area contributed by atoms with Crippen LogP contribution in [0.2, 0.25) is 5.02 Å². The number of hydrogen-bond donors (Lipinski definition) is 1. The molecule has 0 unspecified atom stereocenters. The second kappa shape index (κ2) is 4.33. The number of nitrogens with two attached hydrogens (primary N) is 1. The lowest BCUT2D eigenvalue weighted by atomic mass is 10.0. The molecule has 0 bridgehead atoms. The molecule has 2 N–H and O–H groups in total. The molecule has 17 heavy (non-hydrogen) atoms. The van der Waals surface area contributed by atoms with E-state index in [-0.39, 0.29) is 6.10 Å². The van der Waals surface area contributed by atoms with Crippen molar-refractivity contribution in [3.05, 3.63) is 39.5 Å². The maximum atomic E-state index is 6.15. The summed E-state index contributed by atoms with van der Waals surface area (Å²) in [6.45, 7) is 0.537. The average Bonchev–Trinajstić information content (AvgIpc) is 2.96. The lowest BCUT2D eigenvalue weighted by Crippen LogP contribution is -2.24. The summed E-state index contributed by atoms with van der Waals surface area (Å²) in [5, 5.41) is 4.91. The van der Waals surface area contributed by atoms with Gasteiger partial charge in [-0.1, -0.05) is 11.6 Å². The normalized spacial score (nSPS) is 17.9. The zero-order valence-corrected chi connectivity index (χ0v) is 10.7. The van der Waals surface area contributed by atoms with Gasteiger partial charge in [0.25, 0.3) is 0 Å². The van der Waals surface area contributed by atoms with Gasteiger partial charge in [0.15, 0.2) is 0 Å². The average molecular weight is 266 g/mol. The lowest BCUT2D eigenvalue weighted by Gasteiger charge is -2.10. The Morgan fingerprint density at radius 1 is 1.47 bits per heavy atom. The van der Waals surface area contributed by atoms with Gasteiger partial charge < -0.3 is 10.5 Å². The van der Waals surface area contributed by atoms with Crippen LogP contribution in [0.4, 0.5) is 0 Å². The van der Waals surface area contributed by atoms with E-state index in [0.29, 0.717) is 6.54 Å². The van der Waals surface area contributed by atoms with Crippen LogP contribution in [0.1, 0.15) is 5.56 Å². The fourth-order valence-corrected chi connectivity index (χ4v) is 3.05. The summed E-state index contributed by atoms with van der Waals surface area (Å²) in [4.78, 5) is 0. The predicted octanol–water partition coefficient (Wildman–Crippen LogP) is 3.33. The van der Waals surface area contributed by atoms with E-state index in [1.165, 1.54) is 0 Å². The molecular formula is C13H12ClNOS. The van der Waals surface area contributed by atoms with Crippen LogP contribution in [0.25, 0.3) is 11.1 Å². The number of rotatable bonds is 2. The van der Waals surface area contributed by atoms with E-state index < -0.39 is 0 Å². The first kappa shape index (κ1) is 11.1. The molecule has 1 atom stereocenters. The largest absolute Gasteiger partial charge is 0.488 e. The Morgan fingerprint density at radius 3 is 3.06 bits per heavy atom. The van der Waals surface area contributed by atoms with Crippen LogP contribution in [0.15, 0.2) is 29.0 Å². The molecule has 1 aliphatic rings. The van der Waals surface area contributed by atoms with E-state index in [0.717, 1.165) is 33.9 Å². The van der Waals surface area contributed by atoms with Crippen molar-refractivity contribution in [1.82, 2.24) is 0 Å². The summed E-state index contributed by atoms with van der Waals surface area (Å²) in [5.74, 6) is 0.947. The quantitative estimate of drug-likeness (QED) is 0.904. The molecule has 0 saturated heterocycles. The van der Waals surface area contributed by atoms with E-state index in [2.05, 4.69) is 16.8 Å². The summed E-state index contributed by atoms with van der Waals surface area (Å²) in [6.07, 6.45) is 0.935. The molecule has 2 nitrogen and oxygen atoms in total. The minimum absolute atomic E-state index is 0.0841. The van der Waals surface area contributed by atoms with Gasteiger partial charge in [-0.25, -0.2) is 0 Å². The van der Waals surface area contributed by atoms with Gasteiger partial charge in [-0.05, 0) is 40.1 Å². The molecule has 0 aliphatic carbocycles. The van der Waals surface area contributed by atoms with Gasteiger partial charge in [-0.2, -0.15) is 11.3 Å². The van der Waals surface area contributed by atoms with E-state index in [9.17, 15) is 0 Å². The lowest BCUT2D eigenvalue weighted by molar-refractivity contribution is 0.242. The second-order valence-corrected chi connectivity index (χ2v) is 5.35. The highest BCUT2D eigenvalue weighted by Crippen LogP contribution is 2.41. The number of hydrogen-bond acceptors (Lipinski definition) is 3. The van der Waals surface area contributed by atoms with E-state index in [1.807, 2.05) is 12.1 Å². The van der Waals surface area contributed by atoms with Crippen molar-refractivity contribution in [2.45, 2.75) is 12.5 Å². The van der Waals surface area contributed by atoms with Crippen LogP contribution < -0.4 is 10.5 Å². The predicted molar refractivity (Wildman–Crippen MR) is 71.9 cm³/mol. The summed E-state index contributed by atoms with van der Waals surface area (Å²) < 4.78 is 5.89. The second-order valence-electron chi connectivity index (χ2n) is 4.13. The molecule has 1 aliphatic heterocycles. The van der Waals surface area contributed by atoms with Gasteiger partial charge in [-0.15, -0.1) is 0 Å². The van der Waals surface area contributed by atoms with Crippen LogP contribution in [0, 0.1) is 0 Å². The monoisotopic (exact) mass is 265 g/mol. The third-order valence-electron chi connectivity index (χ3n) is 2.96. The Bertz CT molecular complexity index is 539. The fraction of sp³-hybridized carbons (Fsp3) is 0.231. The van der Waals surface area contributed by atoms with Crippen molar-refractivity contribution in [1.29, 1.82) is 0 Å². The third kappa shape index (κ3) is 1.95. The number of benzene rings is 1. The molecule has 3 rings (SSSR count). The molecular weight excluding hydrogens is 254 g/mol. The first-order valence-electron chi connectivity index (χ1n) is 5.49. The van der Waals surface area contributed by atoms with Crippen molar-refractivity contribution in [3.63, 3.8) is 0 Å². The zero-order chi connectivity index (χ0) is 11.8. The van der Waals surface area contributed by atoms with E-state index in [4.69, 9.17) is 22.1 Å². The first-order valence-corrected chi connectivity index (χ1v) is 6.81. The topological polar surface area (TPSA) is 35.2 Å². The van der Waals surface area contributed by atoms with Gasteiger partial charge in [0.05, 0.1) is 0 Å². The van der Waals surface area contributed by atoms with Gasteiger partial charge in [0, 0.05) is 23.6 Å². The smallest absolute Gasteiger partial charge is 0.131 e. The molecule has 1 aromatic carbocycles. The first-order chi connectivity index (χ1) is 8.28. The number of halogens is 1. The summed E-state index contributed by atoms with van der Waals surface area (Å²) in [7, 11) is 0. The molecule has 1 aromatic heterocycles. The highest BCUT2D eigenvalue weighted by atomic mass is 35.5. The summed E-state index contributed by atoms with van der Waals surface area (Å²) in [5.41, 5.74) is 9.06. The Kier molecular flexibility index (Phi) is 2.82. The number of ether oxygens (including phenoxy) is 1. The third-order valence-corrected chi connectivity index (χ3v) is 3.86. The summed E-state index contributed by atoms with van der Waals surface area (Å²) in [6, 6.07) is 6.01. The molecule has 4 heteroatoms. The molecule has 0 amide bonds. The van der Waals surface area contributed by atoms with Crippen molar-refractivity contribution in [2.75, 3.05) is 6.54 Å². The molecule has 88 valence electrons. The highest BCUT2D eigenvalue weighted by Gasteiger charge is 2.25. The maximum absolute atomic E-state index is 6.15. The molecule has 0 spiro atoms. The Labute approximate surface area is 109 Å². The highest BCUT2D eigenvalue weighted by molar-refractivity contribution is 7.08. The van der Waals surface area contributed by atoms with E-state index >= 15 is 0 Å². The fourth-order valence-electron chi connectivity index (χ4n) is 2.16. The SMILES string of the molecule is NC[C@H]1Cc2cc(Cl)cc(-c3ccsc3)c2O1. The Morgan fingerprint density at radius 2 is 2.35 bits per heavy atom. The van der Waals surface area contributed by atoms with Crippen molar-refractivity contribution in [3.8, 4) is 16.9 Å². The minimum atomic E-state index is 0.0841. The van der Waals surface area contributed by atoms with Gasteiger partial charge >= 0.3 is 0 Å². The molecule has 0 radical (unpaired) electrons. The van der Waals surface area contributed by atoms with Crippen LogP contribution in [-0.2, 0) is 6.42 Å². The van der Waals surface area contributed by atoms with Crippen molar-refractivity contribution < 1.29 is 4.74 Å². The standard InChI is InChI=1S/C13H12ClNOS/c14-10-3-9-4-11(6-15)16-13(9)12(5-10)8-1-2-17-7-8/h1-3,5,7,11H,4,6,15H2/t11-/m1/s1. The van der Waals surface area contributed by atoms with Crippen molar-refractivity contribution >= 4 is 22.9 Å². The van der Waals surface area contributed by atoms with Gasteiger partial charge in [-0.3, -0.25) is 0 Å². The molecule has 2 heterocycles. The molecule has 0 fully saturated rings. The number of fused-ring (bicyclic) bond motifs is 1. The van der Waals surface area contributed by atoms with Gasteiger partial charge in [0.2, 0.25) is 0 Å². The van der Waals surface area contributed by atoms with Crippen LogP contribution in [-0.4, -0.2) is 12.6 Å². The Balaban J connectivity index is 2.12. The van der Waals surface area contributed by atoms with Crippen molar-refractivity contribution in [2.24, 2.45) is 5.73 Å². The van der Waals surface area contributed by atoms with Crippen LogP contribution in [0.3, 0.4) is 0 Å². The molecule has 0 saturated carbocycles.